The first-order valence-electron chi connectivity index (χ1n) is 12.5. The van der Waals surface area contributed by atoms with Gasteiger partial charge in [0.25, 0.3) is 5.91 Å². The molecule has 0 aromatic heterocycles. The van der Waals surface area contributed by atoms with E-state index in [4.69, 9.17) is 37.4 Å². The molecule has 2 rings (SSSR count). The van der Waals surface area contributed by atoms with Crippen molar-refractivity contribution in [2.45, 2.75) is 53.4 Å². The molecule has 38 heavy (non-hydrogen) atoms. The van der Waals surface area contributed by atoms with E-state index in [1.165, 1.54) is 0 Å². The van der Waals surface area contributed by atoms with Gasteiger partial charge in [-0.05, 0) is 51.8 Å². The van der Waals surface area contributed by atoms with Gasteiger partial charge < -0.3 is 24.8 Å². The average molecular weight is 569 g/mol. The summed E-state index contributed by atoms with van der Waals surface area (Å²) in [6, 6.07) is 5.21. The van der Waals surface area contributed by atoms with Crippen LogP contribution < -0.4 is 10.6 Å². The summed E-state index contributed by atoms with van der Waals surface area (Å²) in [5.74, 6) is -4.54. The highest BCUT2D eigenvalue weighted by atomic mass is 35.5. The van der Waals surface area contributed by atoms with Crippen molar-refractivity contribution in [2.24, 2.45) is 5.92 Å². The number of esters is 3. The third-order valence-corrected chi connectivity index (χ3v) is 6.48. The molecule has 0 fully saturated rings. The number of hydrogen-bond donors (Lipinski definition) is 2. The minimum Gasteiger partial charge on any atom is -0.463 e. The van der Waals surface area contributed by atoms with Gasteiger partial charge >= 0.3 is 17.9 Å². The Balaban J connectivity index is 2.17. The molecule has 1 aliphatic heterocycles. The van der Waals surface area contributed by atoms with E-state index in [1.54, 1.807) is 39.8 Å². The van der Waals surface area contributed by atoms with Crippen LogP contribution in [0.5, 0.6) is 0 Å². The molecule has 0 bridgehead atoms. The lowest BCUT2D eigenvalue weighted by Gasteiger charge is -2.28. The Labute approximate surface area is 232 Å². The maximum atomic E-state index is 13.2. The van der Waals surface area contributed by atoms with Crippen LogP contribution in [0.4, 0.5) is 0 Å². The van der Waals surface area contributed by atoms with Gasteiger partial charge in [0.15, 0.2) is 6.61 Å². The van der Waals surface area contributed by atoms with Crippen molar-refractivity contribution in [1.82, 2.24) is 10.6 Å². The van der Waals surface area contributed by atoms with Crippen LogP contribution in [0, 0.1) is 5.92 Å². The number of hydrogen-bond acceptors (Lipinski definition) is 8. The molecule has 0 spiro atoms. The van der Waals surface area contributed by atoms with Gasteiger partial charge in [0.2, 0.25) is 0 Å². The van der Waals surface area contributed by atoms with Crippen LogP contribution in [0.2, 0.25) is 10.0 Å². The minimum atomic E-state index is -1.41. The molecule has 1 unspecified atom stereocenters. The molecule has 0 aliphatic carbocycles. The normalized spacial score (nSPS) is 14.5. The fourth-order valence-corrected chi connectivity index (χ4v) is 4.81. The molecule has 0 saturated heterocycles. The van der Waals surface area contributed by atoms with Gasteiger partial charge in [0, 0.05) is 33.9 Å². The lowest BCUT2D eigenvalue weighted by Crippen LogP contribution is -2.39. The standard InChI is InChI=1S/C27H34Cl2N2O7/c1-6-9-17(19-11-10-18(28)12-20(19)29)13-30-21(32)14-38-27(35)24-22(25(33)36-7-2)15(4)31-16(5)23(24)26(34)37-8-3/h10-12,17,24,31H,6-9,13-14H2,1-5H3,(H,30,32). The zero-order valence-corrected chi connectivity index (χ0v) is 23.8. The Bertz CT molecular complexity index is 1090. The highest BCUT2D eigenvalue weighted by Gasteiger charge is 2.42. The van der Waals surface area contributed by atoms with Crippen LogP contribution in [0.25, 0.3) is 0 Å². The number of halogens is 2. The first-order valence-corrected chi connectivity index (χ1v) is 13.2. The second kappa shape index (κ2) is 14.8. The highest BCUT2D eigenvalue weighted by molar-refractivity contribution is 6.35. The Kier molecular flexibility index (Phi) is 12.1. The SMILES string of the molecule is CCCC(CNC(=O)COC(=O)C1C(C(=O)OCC)=C(C)NC(C)=C1C(=O)OCC)c1ccc(Cl)cc1Cl. The summed E-state index contributed by atoms with van der Waals surface area (Å²) in [5.41, 5.74) is 1.37. The van der Waals surface area contributed by atoms with Gasteiger partial charge in [0.1, 0.15) is 5.92 Å². The smallest absolute Gasteiger partial charge is 0.337 e. The quantitative estimate of drug-likeness (QED) is 0.280. The van der Waals surface area contributed by atoms with Gasteiger partial charge in [0.05, 0.1) is 24.4 Å². The summed E-state index contributed by atoms with van der Waals surface area (Å²) < 4.78 is 15.5. The summed E-state index contributed by atoms with van der Waals surface area (Å²) >= 11 is 12.4. The zero-order valence-electron chi connectivity index (χ0n) is 22.2. The van der Waals surface area contributed by atoms with Gasteiger partial charge in [-0.25, -0.2) is 9.59 Å². The Morgan fingerprint density at radius 2 is 1.53 bits per heavy atom. The van der Waals surface area contributed by atoms with Crippen molar-refractivity contribution >= 4 is 47.0 Å². The largest absolute Gasteiger partial charge is 0.463 e. The summed E-state index contributed by atoms with van der Waals surface area (Å²) in [7, 11) is 0. The fraction of sp³-hybridized carbons (Fsp3) is 0.481. The molecule has 1 aromatic carbocycles. The molecular weight excluding hydrogens is 535 g/mol. The third kappa shape index (κ3) is 7.98. The fourth-order valence-electron chi connectivity index (χ4n) is 4.25. The van der Waals surface area contributed by atoms with E-state index in [0.29, 0.717) is 21.4 Å². The van der Waals surface area contributed by atoms with E-state index in [2.05, 4.69) is 10.6 Å². The second-order valence-corrected chi connectivity index (χ2v) is 9.48. The zero-order chi connectivity index (χ0) is 28.4. The summed E-state index contributed by atoms with van der Waals surface area (Å²) in [4.78, 5) is 51.3. The maximum absolute atomic E-state index is 13.2. The number of amides is 1. The van der Waals surface area contributed by atoms with Crippen molar-refractivity contribution in [2.75, 3.05) is 26.4 Å². The number of rotatable bonds is 12. The van der Waals surface area contributed by atoms with E-state index >= 15 is 0 Å². The van der Waals surface area contributed by atoms with E-state index in [0.717, 1.165) is 18.4 Å². The van der Waals surface area contributed by atoms with Gasteiger partial charge in [-0.3, -0.25) is 9.59 Å². The number of ether oxygens (including phenoxy) is 3. The lowest BCUT2D eigenvalue weighted by atomic mass is 9.85. The first kappa shape index (κ1) is 31.2. The van der Waals surface area contributed by atoms with Crippen LogP contribution >= 0.6 is 23.2 Å². The molecular formula is C27H34Cl2N2O7. The van der Waals surface area contributed by atoms with Crippen molar-refractivity contribution in [3.63, 3.8) is 0 Å². The summed E-state index contributed by atoms with van der Waals surface area (Å²) in [5, 5.41) is 6.71. The van der Waals surface area contributed by atoms with Crippen LogP contribution in [0.3, 0.4) is 0 Å². The Morgan fingerprint density at radius 3 is 2.03 bits per heavy atom. The molecule has 0 saturated carbocycles. The van der Waals surface area contributed by atoms with Crippen LogP contribution in [-0.2, 0) is 33.4 Å². The highest BCUT2D eigenvalue weighted by Crippen LogP contribution is 2.33. The molecule has 1 aliphatic rings. The molecule has 1 atom stereocenters. The maximum Gasteiger partial charge on any atom is 0.337 e. The lowest BCUT2D eigenvalue weighted by molar-refractivity contribution is -0.154. The topological polar surface area (TPSA) is 120 Å². The van der Waals surface area contributed by atoms with Crippen molar-refractivity contribution in [1.29, 1.82) is 0 Å². The monoisotopic (exact) mass is 568 g/mol. The number of carbonyl (C=O) groups is 4. The minimum absolute atomic E-state index is 0.0633. The molecule has 208 valence electrons. The number of dihydropyridines is 1. The molecule has 11 heteroatoms. The van der Waals surface area contributed by atoms with Crippen LogP contribution in [0.15, 0.2) is 40.7 Å². The molecule has 1 aromatic rings. The number of allylic oxidation sites excluding steroid dienone is 2. The van der Waals surface area contributed by atoms with Crippen LogP contribution in [-0.4, -0.2) is 50.2 Å². The van der Waals surface area contributed by atoms with Gasteiger partial charge in [-0.1, -0.05) is 42.6 Å². The van der Waals surface area contributed by atoms with E-state index < -0.39 is 36.3 Å². The average Bonchev–Trinajstić information content (AvgIpc) is 2.85. The summed E-state index contributed by atoms with van der Waals surface area (Å²) in [6.45, 7) is 8.21. The molecule has 2 N–H and O–H groups in total. The van der Waals surface area contributed by atoms with Crippen molar-refractivity contribution in [3.05, 3.63) is 56.3 Å². The van der Waals surface area contributed by atoms with Crippen molar-refractivity contribution < 1.29 is 33.4 Å². The predicted molar refractivity (Wildman–Crippen MR) is 143 cm³/mol. The second-order valence-electron chi connectivity index (χ2n) is 8.64. The van der Waals surface area contributed by atoms with Gasteiger partial charge in [-0.2, -0.15) is 0 Å². The van der Waals surface area contributed by atoms with E-state index in [-0.39, 0.29) is 36.8 Å². The first-order chi connectivity index (χ1) is 18.0. The van der Waals surface area contributed by atoms with Crippen LogP contribution in [0.1, 0.15) is 58.9 Å². The molecule has 9 nitrogen and oxygen atoms in total. The Hall–Kier alpha value is -3.04. The molecule has 1 heterocycles. The van der Waals surface area contributed by atoms with Gasteiger partial charge in [-0.15, -0.1) is 0 Å². The molecule has 0 radical (unpaired) electrons. The summed E-state index contributed by atoms with van der Waals surface area (Å²) in [6.07, 6.45) is 1.62. The number of nitrogens with one attached hydrogen (secondary N) is 2. The Morgan fingerprint density at radius 1 is 0.947 bits per heavy atom. The van der Waals surface area contributed by atoms with Crippen molar-refractivity contribution in [3.8, 4) is 0 Å². The number of benzene rings is 1. The van der Waals surface area contributed by atoms with E-state index in [9.17, 15) is 19.2 Å². The number of carbonyl (C=O) groups excluding carboxylic acids is 4. The molecule has 1 amide bonds. The van der Waals surface area contributed by atoms with E-state index in [1.807, 2.05) is 13.0 Å². The predicted octanol–water partition coefficient (Wildman–Crippen LogP) is 4.43. The third-order valence-electron chi connectivity index (χ3n) is 5.92.